The first kappa shape index (κ1) is 18.3. The summed E-state index contributed by atoms with van der Waals surface area (Å²) in [4.78, 5) is 25.9. The maximum absolute atomic E-state index is 12.4. The maximum atomic E-state index is 12.4. The standard InChI is InChI=1S/C16H22N2O5S/c1-3-23-16(20)18-10-4-5-12(11-18)15(19)17-13-6-8-14(9-7-13)24(2,21)22/h6-9,12H,3-5,10-11H2,1-2H3,(H,17,19)/t12-/m0/s1. The molecule has 0 spiro atoms. The Labute approximate surface area is 141 Å². The lowest BCUT2D eigenvalue weighted by Crippen LogP contribution is -2.44. The van der Waals surface area contributed by atoms with Crippen LogP contribution in [0.5, 0.6) is 0 Å². The van der Waals surface area contributed by atoms with E-state index in [4.69, 9.17) is 4.74 Å². The Morgan fingerprint density at radius 3 is 2.54 bits per heavy atom. The van der Waals surface area contributed by atoms with Gasteiger partial charge in [0, 0.05) is 25.0 Å². The van der Waals surface area contributed by atoms with Crippen molar-refractivity contribution in [1.82, 2.24) is 4.90 Å². The first-order valence-corrected chi connectivity index (χ1v) is 9.73. The molecule has 0 aliphatic carbocycles. The van der Waals surface area contributed by atoms with Crippen LogP contribution in [0.4, 0.5) is 10.5 Å². The molecule has 1 N–H and O–H groups in total. The smallest absolute Gasteiger partial charge is 0.409 e. The maximum Gasteiger partial charge on any atom is 0.409 e. The van der Waals surface area contributed by atoms with E-state index in [1.165, 1.54) is 12.1 Å². The average molecular weight is 354 g/mol. The molecule has 0 unspecified atom stereocenters. The van der Waals surface area contributed by atoms with Gasteiger partial charge in [0.1, 0.15) is 0 Å². The molecule has 0 bridgehead atoms. The van der Waals surface area contributed by atoms with Crippen molar-refractivity contribution in [2.75, 3.05) is 31.3 Å². The molecule has 2 amide bonds. The average Bonchev–Trinajstić information content (AvgIpc) is 2.55. The Morgan fingerprint density at radius 1 is 1.29 bits per heavy atom. The highest BCUT2D eigenvalue weighted by Gasteiger charge is 2.29. The van der Waals surface area contributed by atoms with Crippen molar-refractivity contribution in [2.24, 2.45) is 5.92 Å². The van der Waals surface area contributed by atoms with Crippen molar-refractivity contribution in [2.45, 2.75) is 24.7 Å². The third-order valence-electron chi connectivity index (χ3n) is 3.87. The van der Waals surface area contributed by atoms with E-state index in [1.807, 2.05) is 0 Å². The van der Waals surface area contributed by atoms with Gasteiger partial charge in [0.25, 0.3) is 0 Å². The number of nitrogens with zero attached hydrogens (tertiary/aromatic N) is 1. The zero-order valence-corrected chi connectivity index (χ0v) is 14.6. The number of carbonyl (C=O) groups excluding carboxylic acids is 2. The second kappa shape index (κ2) is 7.65. The molecule has 0 radical (unpaired) electrons. The molecule has 1 fully saturated rings. The van der Waals surface area contributed by atoms with E-state index in [2.05, 4.69) is 5.32 Å². The molecule has 1 aliphatic heterocycles. The third-order valence-corrected chi connectivity index (χ3v) is 5.00. The minimum absolute atomic E-state index is 0.184. The number of amides is 2. The first-order chi connectivity index (χ1) is 11.3. The van der Waals surface area contributed by atoms with Crippen LogP contribution in [0.1, 0.15) is 19.8 Å². The van der Waals surface area contributed by atoms with E-state index >= 15 is 0 Å². The van der Waals surface area contributed by atoms with Gasteiger partial charge >= 0.3 is 6.09 Å². The van der Waals surface area contributed by atoms with Crippen molar-refractivity contribution in [3.63, 3.8) is 0 Å². The highest BCUT2D eigenvalue weighted by atomic mass is 32.2. The van der Waals surface area contributed by atoms with Crippen LogP contribution < -0.4 is 5.32 Å². The van der Waals surface area contributed by atoms with E-state index < -0.39 is 15.9 Å². The van der Waals surface area contributed by atoms with Gasteiger partial charge in [0.15, 0.2) is 9.84 Å². The summed E-state index contributed by atoms with van der Waals surface area (Å²) in [6.45, 7) is 2.96. The Morgan fingerprint density at radius 2 is 1.96 bits per heavy atom. The second-order valence-corrected chi connectivity index (χ2v) is 7.79. The van der Waals surface area contributed by atoms with Crippen LogP contribution in [0.25, 0.3) is 0 Å². The molecular weight excluding hydrogens is 332 g/mol. The predicted molar refractivity (Wildman–Crippen MR) is 89.5 cm³/mol. The Bertz CT molecular complexity index is 700. The quantitative estimate of drug-likeness (QED) is 0.891. The van der Waals surface area contributed by atoms with E-state index in [0.717, 1.165) is 12.7 Å². The minimum atomic E-state index is -3.26. The molecule has 1 atom stereocenters. The number of likely N-dealkylation sites (tertiary alicyclic amines) is 1. The molecule has 1 aromatic rings. The normalized spacial score (nSPS) is 18.1. The Hall–Kier alpha value is -2.09. The van der Waals surface area contributed by atoms with Crippen LogP contribution in [0.3, 0.4) is 0 Å². The number of carbonyl (C=O) groups is 2. The van der Waals surface area contributed by atoms with Gasteiger partial charge in [-0.25, -0.2) is 13.2 Å². The topological polar surface area (TPSA) is 92.8 Å². The largest absolute Gasteiger partial charge is 0.450 e. The van der Waals surface area contributed by atoms with Gasteiger partial charge in [-0.3, -0.25) is 4.79 Å². The summed E-state index contributed by atoms with van der Waals surface area (Å²) in [5.74, 6) is -0.492. The van der Waals surface area contributed by atoms with Crippen LogP contribution in [0, 0.1) is 5.92 Å². The van der Waals surface area contributed by atoms with Gasteiger partial charge in [0.2, 0.25) is 5.91 Å². The zero-order chi connectivity index (χ0) is 17.7. The summed E-state index contributed by atoms with van der Waals surface area (Å²) < 4.78 is 27.8. The molecule has 1 aromatic carbocycles. The number of hydrogen-bond donors (Lipinski definition) is 1. The zero-order valence-electron chi connectivity index (χ0n) is 13.8. The van der Waals surface area contributed by atoms with Crippen LogP contribution in [0.15, 0.2) is 29.2 Å². The SMILES string of the molecule is CCOC(=O)N1CCC[C@H](C(=O)Nc2ccc(S(C)(=O)=O)cc2)C1. The highest BCUT2D eigenvalue weighted by molar-refractivity contribution is 7.90. The van der Waals surface area contributed by atoms with Crippen LogP contribution in [-0.4, -0.2) is 51.3 Å². The fourth-order valence-electron chi connectivity index (χ4n) is 2.60. The van der Waals surface area contributed by atoms with Gasteiger partial charge in [-0.05, 0) is 44.0 Å². The van der Waals surface area contributed by atoms with Crippen LogP contribution in [0.2, 0.25) is 0 Å². The number of anilines is 1. The fraction of sp³-hybridized carbons (Fsp3) is 0.500. The van der Waals surface area contributed by atoms with E-state index in [0.29, 0.717) is 31.8 Å². The molecule has 1 saturated heterocycles. The fourth-order valence-corrected chi connectivity index (χ4v) is 3.23. The van der Waals surface area contributed by atoms with Gasteiger partial charge in [0.05, 0.1) is 17.4 Å². The number of ether oxygens (including phenoxy) is 1. The summed E-state index contributed by atoms with van der Waals surface area (Å²) in [5.41, 5.74) is 0.528. The summed E-state index contributed by atoms with van der Waals surface area (Å²) in [5, 5.41) is 2.77. The lowest BCUT2D eigenvalue weighted by atomic mass is 9.97. The monoisotopic (exact) mass is 354 g/mol. The van der Waals surface area contributed by atoms with Crippen LogP contribution in [-0.2, 0) is 19.4 Å². The number of nitrogens with one attached hydrogen (secondary N) is 1. The van der Waals surface area contributed by atoms with E-state index in [-0.39, 0.29) is 16.7 Å². The predicted octanol–water partition coefficient (Wildman–Crippen LogP) is 1.90. The molecular formula is C16H22N2O5S. The van der Waals surface area contributed by atoms with E-state index in [9.17, 15) is 18.0 Å². The lowest BCUT2D eigenvalue weighted by Gasteiger charge is -2.31. The Kier molecular flexibility index (Phi) is 5.82. The molecule has 0 aromatic heterocycles. The summed E-state index contributed by atoms with van der Waals surface area (Å²) in [6.07, 6.45) is 2.17. The molecule has 0 saturated carbocycles. The Balaban J connectivity index is 1.97. The minimum Gasteiger partial charge on any atom is -0.450 e. The molecule has 24 heavy (non-hydrogen) atoms. The highest BCUT2D eigenvalue weighted by Crippen LogP contribution is 2.20. The number of sulfone groups is 1. The molecule has 2 rings (SSSR count). The van der Waals surface area contributed by atoms with Crippen molar-refractivity contribution < 1.29 is 22.7 Å². The number of piperidine rings is 1. The number of rotatable bonds is 4. The van der Waals surface area contributed by atoms with Crippen molar-refractivity contribution in [3.8, 4) is 0 Å². The molecule has 1 heterocycles. The van der Waals surface area contributed by atoms with Gasteiger partial charge in [-0.2, -0.15) is 0 Å². The summed E-state index contributed by atoms with van der Waals surface area (Å²) in [7, 11) is -3.26. The van der Waals surface area contributed by atoms with E-state index in [1.54, 1.807) is 24.0 Å². The van der Waals surface area contributed by atoms with Gasteiger partial charge < -0.3 is 15.0 Å². The second-order valence-electron chi connectivity index (χ2n) is 5.77. The number of hydrogen-bond acceptors (Lipinski definition) is 5. The molecule has 1 aliphatic rings. The van der Waals surface area contributed by atoms with Gasteiger partial charge in [-0.15, -0.1) is 0 Å². The van der Waals surface area contributed by atoms with Crippen LogP contribution >= 0.6 is 0 Å². The van der Waals surface area contributed by atoms with Gasteiger partial charge in [-0.1, -0.05) is 0 Å². The molecule has 132 valence electrons. The number of benzene rings is 1. The summed E-state index contributed by atoms with van der Waals surface area (Å²) in [6, 6.07) is 6.02. The lowest BCUT2D eigenvalue weighted by molar-refractivity contribution is -0.121. The molecule has 8 heteroatoms. The van der Waals surface area contributed by atoms with Crippen molar-refractivity contribution in [3.05, 3.63) is 24.3 Å². The molecule has 7 nitrogen and oxygen atoms in total. The third kappa shape index (κ3) is 4.70. The van der Waals surface area contributed by atoms with Crippen molar-refractivity contribution >= 4 is 27.5 Å². The first-order valence-electron chi connectivity index (χ1n) is 7.84. The summed E-state index contributed by atoms with van der Waals surface area (Å²) >= 11 is 0. The van der Waals surface area contributed by atoms with Crippen molar-refractivity contribution in [1.29, 1.82) is 0 Å².